The number of nitrogens with one attached hydrogen (secondary N) is 1. The van der Waals surface area contributed by atoms with E-state index in [1.807, 2.05) is 18.2 Å². The predicted molar refractivity (Wildman–Crippen MR) is 121 cm³/mol. The lowest BCUT2D eigenvalue weighted by Gasteiger charge is -2.11. The van der Waals surface area contributed by atoms with Crippen molar-refractivity contribution in [3.05, 3.63) is 80.8 Å². The molecule has 31 heavy (non-hydrogen) atoms. The molecule has 0 bridgehead atoms. The first kappa shape index (κ1) is 20.5. The molecule has 8 nitrogen and oxygen atoms in total. The number of hydrogen-bond acceptors (Lipinski definition) is 6. The van der Waals surface area contributed by atoms with Gasteiger partial charge in [0.2, 0.25) is 0 Å². The fourth-order valence-electron chi connectivity index (χ4n) is 3.15. The number of hydrogen-bond donors (Lipinski definition) is 2. The lowest BCUT2D eigenvalue weighted by molar-refractivity contribution is -0.126. The first-order chi connectivity index (χ1) is 14.9. The number of aromatic hydroxyl groups is 1. The molecule has 0 aliphatic carbocycles. The minimum atomic E-state index is -0.571. The summed E-state index contributed by atoms with van der Waals surface area (Å²) in [7, 11) is 0. The maximum absolute atomic E-state index is 12.6. The molecule has 0 saturated carbocycles. The van der Waals surface area contributed by atoms with Gasteiger partial charge >= 0.3 is 0 Å². The highest BCUT2D eigenvalue weighted by molar-refractivity contribution is 9.10. The molecule has 1 amide bonds. The molecule has 0 aliphatic rings. The minimum absolute atomic E-state index is 0.0356. The highest BCUT2D eigenvalue weighted by Crippen LogP contribution is 2.27. The summed E-state index contributed by atoms with van der Waals surface area (Å²) in [6.45, 7) is 1.18. The maximum Gasteiger partial charge on any atom is 0.294 e. The van der Waals surface area contributed by atoms with Crippen LogP contribution in [0.5, 0.6) is 5.75 Å². The van der Waals surface area contributed by atoms with Crippen LogP contribution in [0.2, 0.25) is 0 Å². The Hall–Kier alpha value is -3.72. The highest BCUT2D eigenvalue weighted by Gasteiger charge is 2.11. The quantitative estimate of drug-likeness (QED) is 0.337. The zero-order valence-electron chi connectivity index (χ0n) is 16.4. The maximum atomic E-state index is 12.6. The van der Waals surface area contributed by atoms with E-state index in [4.69, 9.17) is 4.84 Å². The summed E-state index contributed by atoms with van der Waals surface area (Å²) in [6, 6.07) is 15.8. The molecule has 9 heteroatoms. The second-order valence-electron chi connectivity index (χ2n) is 6.71. The van der Waals surface area contributed by atoms with Gasteiger partial charge < -0.3 is 9.94 Å². The first-order valence-electron chi connectivity index (χ1n) is 9.29. The SMILES string of the molecule is Cc1nc2ccccc2c(=O)n1OCC(=O)N/N=C/c1c(O)ccc2cc(Br)ccc12. The molecule has 0 unspecified atom stereocenters. The number of nitrogens with zero attached hydrogens (tertiary/aromatic N) is 3. The number of aromatic nitrogens is 2. The van der Waals surface area contributed by atoms with Gasteiger partial charge in [-0.2, -0.15) is 5.10 Å². The number of benzene rings is 3. The van der Waals surface area contributed by atoms with Gasteiger partial charge in [-0.15, -0.1) is 4.73 Å². The molecule has 0 spiro atoms. The Morgan fingerprint density at radius 1 is 1.23 bits per heavy atom. The van der Waals surface area contributed by atoms with Crippen molar-refractivity contribution in [3.8, 4) is 5.75 Å². The van der Waals surface area contributed by atoms with Gasteiger partial charge in [0.15, 0.2) is 6.61 Å². The topological polar surface area (TPSA) is 106 Å². The molecule has 0 aliphatic heterocycles. The van der Waals surface area contributed by atoms with Gasteiger partial charge in [0.05, 0.1) is 17.1 Å². The number of amides is 1. The fourth-order valence-corrected chi connectivity index (χ4v) is 3.53. The van der Waals surface area contributed by atoms with Crippen molar-refractivity contribution in [2.45, 2.75) is 6.92 Å². The van der Waals surface area contributed by atoms with E-state index in [2.05, 4.69) is 31.4 Å². The molecule has 1 heterocycles. The van der Waals surface area contributed by atoms with Crippen molar-refractivity contribution >= 4 is 49.7 Å². The Kier molecular flexibility index (Phi) is 5.68. The van der Waals surface area contributed by atoms with E-state index in [-0.39, 0.29) is 5.75 Å². The summed E-state index contributed by atoms with van der Waals surface area (Å²) < 4.78 is 1.90. The molecular weight excluding hydrogens is 464 g/mol. The number of aryl methyl sites for hydroxylation is 1. The number of hydrazone groups is 1. The van der Waals surface area contributed by atoms with E-state index in [0.717, 1.165) is 20.0 Å². The second-order valence-corrected chi connectivity index (χ2v) is 7.62. The summed E-state index contributed by atoms with van der Waals surface area (Å²) in [5.74, 6) is -0.210. The predicted octanol–water partition coefficient (Wildman–Crippen LogP) is 2.91. The average molecular weight is 481 g/mol. The molecule has 0 saturated heterocycles. The van der Waals surface area contributed by atoms with Crippen LogP contribution in [0.3, 0.4) is 0 Å². The minimum Gasteiger partial charge on any atom is -0.507 e. The zero-order chi connectivity index (χ0) is 22.0. The Balaban J connectivity index is 1.47. The molecule has 3 aromatic carbocycles. The van der Waals surface area contributed by atoms with Crippen LogP contribution in [0, 0.1) is 6.92 Å². The first-order valence-corrected chi connectivity index (χ1v) is 10.1. The van der Waals surface area contributed by atoms with Gasteiger partial charge in [-0.25, -0.2) is 10.4 Å². The van der Waals surface area contributed by atoms with Crippen LogP contribution < -0.4 is 15.8 Å². The summed E-state index contributed by atoms with van der Waals surface area (Å²) in [4.78, 5) is 34.3. The smallest absolute Gasteiger partial charge is 0.294 e. The Labute approximate surface area is 184 Å². The number of rotatable bonds is 5. The van der Waals surface area contributed by atoms with Crippen molar-refractivity contribution in [3.63, 3.8) is 0 Å². The van der Waals surface area contributed by atoms with Crippen LogP contribution >= 0.6 is 15.9 Å². The number of fused-ring (bicyclic) bond motifs is 2. The standard InChI is InChI=1S/C22H17BrN4O4/c1-13-25-19-5-3-2-4-17(19)22(30)27(13)31-12-21(29)26-24-11-18-16-8-7-15(23)10-14(16)6-9-20(18)28/h2-11,28H,12H2,1H3,(H,26,29)/b24-11+. The normalized spacial score (nSPS) is 11.3. The van der Waals surface area contributed by atoms with Crippen LogP contribution in [0.4, 0.5) is 0 Å². The lowest BCUT2D eigenvalue weighted by atomic mass is 10.0. The van der Waals surface area contributed by atoms with Gasteiger partial charge in [0.1, 0.15) is 11.6 Å². The van der Waals surface area contributed by atoms with E-state index in [1.165, 1.54) is 6.21 Å². The van der Waals surface area contributed by atoms with Gasteiger partial charge in [-0.3, -0.25) is 9.59 Å². The summed E-state index contributed by atoms with van der Waals surface area (Å²) in [5.41, 5.74) is 2.96. The number of para-hydroxylation sites is 1. The van der Waals surface area contributed by atoms with Crippen molar-refractivity contribution in [1.82, 2.24) is 15.1 Å². The van der Waals surface area contributed by atoms with Gasteiger partial charge in [-0.05, 0) is 48.0 Å². The van der Waals surface area contributed by atoms with Gasteiger partial charge in [-0.1, -0.05) is 40.2 Å². The Morgan fingerprint density at radius 2 is 2.03 bits per heavy atom. The fraction of sp³-hybridized carbons (Fsp3) is 0.0909. The largest absolute Gasteiger partial charge is 0.507 e. The highest BCUT2D eigenvalue weighted by atomic mass is 79.9. The molecular formula is C22H17BrN4O4. The Bertz CT molecular complexity index is 1400. The third kappa shape index (κ3) is 4.26. The van der Waals surface area contributed by atoms with E-state index in [1.54, 1.807) is 43.3 Å². The summed E-state index contributed by atoms with van der Waals surface area (Å²) in [6.07, 6.45) is 1.36. The van der Waals surface area contributed by atoms with Crippen molar-refractivity contribution in [2.24, 2.45) is 5.10 Å². The molecule has 0 fully saturated rings. The van der Waals surface area contributed by atoms with Gasteiger partial charge in [0, 0.05) is 10.0 Å². The van der Waals surface area contributed by atoms with Crippen molar-refractivity contribution < 1.29 is 14.7 Å². The molecule has 0 radical (unpaired) electrons. The second kappa shape index (κ2) is 8.57. The Morgan fingerprint density at radius 3 is 2.87 bits per heavy atom. The number of halogens is 1. The van der Waals surface area contributed by atoms with Crippen molar-refractivity contribution in [1.29, 1.82) is 0 Å². The molecule has 4 aromatic rings. The summed E-state index contributed by atoms with van der Waals surface area (Å²) in [5, 5.41) is 16.1. The van der Waals surface area contributed by atoms with E-state index in [9.17, 15) is 14.7 Å². The lowest BCUT2D eigenvalue weighted by Crippen LogP contribution is -2.35. The van der Waals surface area contributed by atoms with Crippen LogP contribution in [-0.4, -0.2) is 33.5 Å². The molecule has 2 N–H and O–H groups in total. The molecule has 0 atom stereocenters. The third-order valence-corrected chi connectivity index (χ3v) is 5.10. The summed E-state index contributed by atoms with van der Waals surface area (Å²) >= 11 is 3.41. The number of carbonyl (C=O) groups excluding carboxylic acids is 1. The molecule has 1 aromatic heterocycles. The monoisotopic (exact) mass is 480 g/mol. The molecule has 156 valence electrons. The van der Waals surface area contributed by atoms with Gasteiger partial charge in [0.25, 0.3) is 11.5 Å². The molecule has 4 rings (SSSR count). The number of phenolic OH excluding ortho intramolecular Hbond substituents is 1. The zero-order valence-corrected chi connectivity index (χ0v) is 18.0. The van der Waals surface area contributed by atoms with Crippen LogP contribution in [0.25, 0.3) is 21.7 Å². The van der Waals surface area contributed by atoms with Crippen LogP contribution in [0.15, 0.2) is 69.0 Å². The average Bonchev–Trinajstić information content (AvgIpc) is 2.75. The number of phenols is 1. The van der Waals surface area contributed by atoms with E-state index in [0.29, 0.717) is 22.3 Å². The number of carbonyl (C=O) groups is 1. The third-order valence-electron chi connectivity index (χ3n) is 4.60. The van der Waals surface area contributed by atoms with E-state index >= 15 is 0 Å². The van der Waals surface area contributed by atoms with Crippen LogP contribution in [-0.2, 0) is 4.79 Å². The van der Waals surface area contributed by atoms with Crippen LogP contribution in [0.1, 0.15) is 11.4 Å². The van der Waals surface area contributed by atoms with Crippen molar-refractivity contribution in [2.75, 3.05) is 6.61 Å². The van der Waals surface area contributed by atoms with E-state index < -0.39 is 18.1 Å².